The molecule has 0 radical (unpaired) electrons. The lowest BCUT2D eigenvalue weighted by atomic mass is 9.95. The van der Waals surface area contributed by atoms with Crippen molar-refractivity contribution in [2.75, 3.05) is 28.4 Å². The summed E-state index contributed by atoms with van der Waals surface area (Å²) in [5.74, 6) is 3.28. The van der Waals surface area contributed by atoms with Crippen molar-refractivity contribution in [2.24, 2.45) is 0 Å². The van der Waals surface area contributed by atoms with Gasteiger partial charge in [0.05, 0.1) is 28.4 Å². The molecule has 4 nitrogen and oxygen atoms in total. The molecule has 0 saturated heterocycles. The Morgan fingerprint density at radius 1 is 0.155 bits per heavy atom. The Bertz CT molecular complexity index is 5790. The Labute approximate surface area is 692 Å². The van der Waals surface area contributed by atoms with Crippen molar-refractivity contribution < 1.29 is 18.9 Å². The molecule has 0 heterocycles. The van der Waals surface area contributed by atoms with Gasteiger partial charge in [-0.05, 0) is 192 Å². The van der Waals surface area contributed by atoms with Crippen LogP contribution in [0, 0.1) is 34.6 Å². The Hall–Kier alpha value is -13.5. The second kappa shape index (κ2) is 42.9. The van der Waals surface area contributed by atoms with Gasteiger partial charge in [0.1, 0.15) is 11.5 Å². The molecule has 584 valence electrons. The smallest absolute Gasteiger partial charge is 0.161 e. The second-order valence-electron chi connectivity index (χ2n) is 27.8. The van der Waals surface area contributed by atoms with E-state index >= 15 is 0 Å². The number of methoxy groups -OCH3 is 4. The lowest BCUT2D eigenvalue weighted by molar-refractivity contribution is 0.355. The van der Waals surface area contributed by atoms with E-state index in [4.69, 9.17) is 18.9 Å². The molecule has 0 spiro atoms. The van der Waals surface area contributed by atoms with Crippen LogP contribution in [0.25, 0.3) is 133 Å². The highest BCUT2D eigenvalue weighted by Crippen LogP contribution is 2.38. The molecule has 4 heteroatoms. The quantitative estimate of drug-likeness (QED) is 0.109. The van der Waals surface area contributed by atoms with Crippen molar-refractivity contribution in [1.82, 2.24) is 0 Å². The van der Waals surface area contributed by atoms with Crippen molar-refractivity contribution in [3.63, 3.8) is 0 Å². The average Bonchev–Trinajstić information content (AvgIpc) is 0.794. The Balaban J connectivity index is 0.000000180. The molecule has 17 aromatic rings. The molecule has 0 aliphatic carbocycles. The van der Waals surface area contributed by atoms with E-state index in [1.54, 1.807) is 28.4 Å². The number of ether oxygens (including phenoxy) is 4. The molecule has 0 amide bonds. The molecule has 17 rings (SSSR count). The maximum Gasteiger partial charge on any atom is 0.161 e. The minimum absolute atomic E-state index is 0. The zero-order chi connectivity index (χ0) is 76.8. The zero-order valence-corrected chi connectivity index (χ0v) is 64.7. The lowest BCUT2D eigenvalue weighted by Crippen LogP contribution is -1.90. The van der Waals surface area contributed by atoms with Crippen LogP contribution in [-0.2, 0) is 0 Å². The van der Waals surface area contributed by atoms with E-state index in [1.165, 1.54) is 144 Å². The molecule has 0 aliphatic rings. The fourth-order valence-corrected chi connectivity index (χ4v) is 13.6. The summed E-state index contributed by atoms with van der Waals surface area (Å²) in [5.41, 5.74) is 31.1. The summed E-state index contributed by atoms with van der Waals surface area (Å²) in [6, 6.07) is 139. The van der Waals surface area contributed by atoms with Gasteiger partial charge in [-0.1, -0.05) is 429 Å². The molecule has 0 aliphatic heterocycles. The van der Waals surface area contributed by atoms with Crippen LogP contribution in [0.3, 0.4) is 0 Å². The van der Waals surface area contributed by atoms with Gasteiger partial charge in [-0.25, -0.2) is 0 Å². The highest BCUT2D eigenvalue weighted by atomic mass is 16.5. The summed E-state index contributed by atoms with van der Waals surface area (Å²) in [6.07, 6.45) is 0. The molecule has 0 fully saturated rings. The van der Waals surface area contributed by atoms with Gasteiger partial charge >= 0.3 is 0 Å². The van der Waals surface area contributed by atoms with Crippen LogP contribution in [0.5, 0.6) is 23.0 Å². The van der Waals surface area contributed by atoms with E-state index < -0.39 is 0 Å². The topological polar surface area (TPSA) is 36.9 Å². The fraction of sp³-hybridized carbons (Fsp3) is 0.125. The summed E-state index contributed by atoms with van der Waals surface area (Å²) >= 11 is 0. The van der Waals surface area contributed by atoms with Gasteiger partial charge in [-0.3, -0.25) is 0 Å². The van der Waals surface area contributed by atoms with Crippen molar-refractivity contribution in [1.29, 1.82) is 0 Å². The Morgan fingerprint density at radius 2 is 0.397 bits per heavy atom. The van der Waals surface area contributed by atoms with Crippen molar-refractivity contribution in [3.05, 3.63) is 422 Å². The molecule has 0 bridgehead atoms. The van der Waals surface area contributed by atoms with Gasteiger partial charge in [0.25, 0.3) is 0 Å². The van der Waals surface area contributed by atoms with Gasteiger partial charge in [0.2, 0.25) is 0 Å². The number of fused-ring (bicyclic) bond motifs is 2. The van der Waals surface area contributed by atoms with Gasteiger partial charge in [0.15, 0.2) is 11.5 Å². The second-order valence-corrected chi connectivity index (χ2v) is 27.8. The minimum atomic E-state index is 0. The normalized spacial score (nSPS) is 10.1. The van der Waals surface area contributed by atoms with Gasteiger partial charge in [0, 0.05) is 5.39 Å². The highest BCUT2D eigenvalue weighted by Gasteiger charge is 2.12. The Kier molecular flexibility index (Phi) is 32.6. The lowest BCUT2D eigenvalue weighted by Gasteiger charge is -2.11. The molecule has 0 N–H and O–H groups in total. The first-order valence-electron chi connectivity index (χ1n) is 37.7. The van der Waals surface area contributed by atoms with Crippen molar-refractivity contribution >= 4 is 21.5 Å². The standard InChI is InChI=1S/C24H20O.C23H18.C21H20O2.C20H18O.C19H16.5CH4/c1-17-7-9-18(10-8-17)19-11-13-20(14-12-19)21-15-16-24(25-2)23-6-4-3-5-22(21)23;1-17-9-11-18(12-10-17)19-13-15-21(16-14-19)23-8-4-6-20-5-2-3-7-22(20)23;1-15-4-6-16(7-5-15)17-8-10-18(11-9-17)19-12-13-20(22-2)21(14-19)23-3;1-15-3-5-16(6-4-15)17-7-9-18(10-8-17)19-11-13-20(21-2)14-12-19;1-15-7-9-17(10-8-15)19-13-11-18(12-14-19)16-5-3-2-4-6-16;;;;;/h3-16H,1-2H3;2-16H,1H3;4-14H,1-3H3;3-14H,1-2H3;2-14H,1H3;5*1H4. The van der Waals surface area contributed by atoms with E-state index in [0.717, 1.165) is 39.5 Å². The molecule has 17 aromatic carbocycles. The number of hydrogen-bond donors (Lipinski definition) is 0. The van der Waals surface area contributed by atoms with Gasteiger partial charge in [-0.15, -0.1) is 0 Å². The molecular weight excluding hydrogens is 1410 g/mol. The van der Waals surface area contributed by atoms with Crippen LogP contribution in [0.4, 0.5) is 0 Å². The van der Waals surface area contributed by atoms with Crippen LogP contribution in [0.2, 0.25) is 0 Å². The van der Waals surface area contributed by atoms with E-state index in [9.17, 15) is 0 Å². The van der Waals surface area contributed by atoms with Gasteiger partial charge in [-0.2, -0.15) is 0 Å². The van der Waals surface area contributed by atoms with Crippen LogP contribution >= 0.6 is 0 Å². The first-order chi connectivity index (χ1) is 54.4. The van der Waals surface area contributed by atoms with Crippen LogP contribution in [-0.4, -0.2) is 28.4 Å². The molecule has 0 saturated carbocycles. The number of aryl methyl sites for hydroxylation is 5. The molecule has 0 unspecified atom stereocenters. The zero-order valence-electron chi connectivity index (χ0n) is 64.7. The van der Waals surface area contributed by atoms with E-state index in [0.29, 0.717) is 0 Å². The molecular formula is C112H112O4. The van der Waals surface area contributed by atoms with Crippen LogP contribution < -0.4 is 18.9 Å². The predicted octanol–water partition coefficient (Wildman–Crippen LogP) is 32.2. The SMILES string of the molecule is C.C.C.C.C.COc1ccc(-c2ccc(-c3ccc(C)cc3)cc2)c2ccccc12.COc1ccc(-c2ccc(-c3ccc(C)cc3)cc2)cc1.COc1ccc(-c2ccc(-c3ccc(C)cc3)cc2)cc1OC.Cc1ccc(-c2ccc(-c3cccc4ccccc34)cc2)cc1.Cc1ccc(-c2ccc(-c3ccccc3)cc2)cc1. The summed E-state index contributed by atoms with van der Waals surface area (Å²) < 4.78 is 21.4. The van der Waals surface area contributed by atoms with Crippen molar-refractivity contribution in [2.45, 2.75) is 71.8 Å². The summed E-state index contributed by atoms with van der Waals surface area (Å²) in [5, 5.41) is 4.95. The minimum Gasteiger partial charge on any atom is -0.497 e. The largest absolute Gasteiger partial charge is 0.497 e. The van der Waals surface area contributed by atoms with E-state index in [1.807, 2.05) is 42.5 Å². The third kappa shape index (κ3) is 22.4. The highest BCUT2D eigenvalue weighted by molar-refractivity contribution is 6.00. The monoisotopic (exact) mass is 1520 g/mol. The first-order valence-corrected chi connectivity index (χ1v) is 37.7. The number of benzene rings is 17. The maximum atomic E-state index is 5.50. The Morgan fingerprint density at radius 3 is 0.733 bits per heavy atom. The molecule has 116 heavy (non-hydrogen) atoms. The molecule has 0 atom stereocenters. The predicted molar refractivity (Wildman–Crippen MR) is 505 cm³/mol. The summed E-state index contributed by atoms with van der Waals surface area (Å²) in [7, 11) is 6.71. The maximum absolute atomic E-state index is 5.50. The van der Waals surface area contributed by atoms with E-state index in [2.05, 4.69) is 386 Å². The fourth-order valence-electron chi connectivity index (χ4n) is 13.6. The summed E-state index contributed by atoms with van der Waals surface area (Å²) in [4.78, 5) is 0. The first kappa shape index (κ1) is 88.0. The third-order valence-corrected chi connectivity index (χ3v) is 20.1. The van der Waals surface area contributed by atoms with Crippen LogP contribution in [0.15, 0.2) is 394 Å². The number of hydrogen-bond acceptors (Lipinski definition) is 4. The van der Waals surface area contributed by atoms with Gasteiger partial charge < -0.3 is 18.9 Å². The van der Waals surface area contributed by atoms with E-state index in [-0.39, 0.29) is 37.1 Å². The third-order valence-electron chi connectivity index (χ3n) is 20.1. The van der Waals surface area contributed by atoms with Crippen LogP contribution in [0.1, 0.15) is 65.0 Å². The summed E-state index contributed by atoms with van der Waals surface area (Å²) in [6.45, 7) is 10.6. The average molecular weight is 1520 g/mol. The molecule has 0 aromatic heterocycles. The number of rotatable bonds is 14. The van der Waals surface area contributed by atoms with Crippen molar-refractivity contribution in [3.8, 4) is 134 Å².